The Morgan fingerprint density at radius 2 is 0.935 bits per heavy atom. The maximum absolute atomic E-state index is 3.85. The van der Waals surface area contributed by atoms with Crippen LogP contribution in [0.15, 0.2) is 188 Å². The number of benzene rings is 7. The molecule has 0 bridgehead atoms. The van der Waals surface area contributed by atoms with E-state index in [0.29, 0.717) is 0 Å². The van der Waals surface area contributed by atoms with Gasteiger partial charge in [-0.25, -0.2) is 0 Å². The Labute approximate surface area is 271 Å². The standard InChI is InChI=1S/C45H31N/c1-5-17-34(18-6-1)31-32-45(36-19-7-2-8-20-36)42-27-15-13-26-40(42)41-30-29-35(33-43(41)45)39-25-14-16-28-44(39)46(37-21-9-3-10-22-37)38-23-11-4-12-24-38/h1-30,33H. The number of rotatable bonds is 5. The van der Waals surface area contributed by atoms with Gasteiger partial charge in [0, 0.05) is 22.5 Å². The van der Waals surface area contributed by atoms with Crippen molar-refractivity contribution in [3.05, 3.63) is 210 Å². The molecule has 7 aromatic carbocycles. The summed E-state index contributed by atoms with van der Waals surface area (Å²) in [6.07, 6.45) is 0. The van der Waals surface area contributed by atoms with Crippen LogP contribution in [0.2, 0.25) is 0 Å². The minimum absolute atomic E-state index is 0.632. The van der Waals surface area contributed by atoms with E-state index in [-0.39, 0.29) is 0 Å². The summed E-state index contributed by atoms with van der Waals surface area (Å²) in [5, 5.41) is 0. The maximum Gasteiger partial charge on any atom is 0.108 e. The second-order valence-corrected chi connectivity index (χ2v) is 11.6. The van der Waals surface area contributed by atoms with Crippen molar-refractivity contribution >= 4 is 17.1 Å². The second kappa shape index (κ2) is 11.8. The van der Waals surface area contributed by atoms with Gasteiger partial charge in [0.2, 0.25) is 0 Å². The molecule has 216 valence electrons. The van der Waals surface area contributed by atoms with Gasteiger partial charge in [-0.3, -0.25) is 0 Å². The van der Waals surface area contributed by atoms with E-state index in [1.54, 1.807) is 0 Å². The number of nitrogens with zero attached hydrogens (tertiary/aromatic N) is 1. The highest BCUT2D eigenvalue weighted by Crippen LogP contribution is 2.53. The van der Waals surface area contributed by atoms with Crippen molar-refractivity contribution < 1.29 is 0 Å². The molecule has 0 saturated heterocycles. The highest BCUT2D eigenvalue weighted by atomic mass is 15.1. The topological polar surface area (TPSA) is 3.24 Å². The monoisotopic (exact) mass is 585 g/mol. The van der Waals surface area contributed by atoms with Crippen molar-refractivity contribution in [1.29, 1.82) is 0 Å². The predicted octanol–water partition coefficient (Wildman–Crippen LogP) is 11.2. The van der Waals surface area contributed by atoms with Crippen molar-refractivity contribution in [3.8, 4) is 34.1 Å². The number of fused-ring (bicyclic) bond motifs is 3. The van der Waals surface area contributed by atoms with Gasteiger partial charge in [0.25, 0.3) is 0 Å². The van der Waals surface area contributed by atoms with Gasteiger partial charge >= 0.3 is 0 Å². The molecule has 0 spiro atoms. The predicted molar refractivity (Wildman–Crippen MR) is 192 cm³/mol. The van der Waals surface area contributed by atoms with Gasteiger partial charge < -0.3 is 4.90 Å². The molecule has 0 amide bonds. The van der Waals surface area contributed by atoms with Crippen molar-refractivity contribution in [2.75, 3.05) is 4.90 Å². The van der Waals surface area contributed by atoms with Crippen molar-refractivity contribution in [3.63, 3.8) is 0 Å². The first-order valence-electron chi connectivity index (χ1n) is 15.7. The third kappa shape index (κ3) is 4.69. The Morgan fingerprint density at radius 3 is 1.61 bits per heavy atom. The van der Waals surface area contributed by atoms with Gasteiger partial charge in [0.05, 0.1) is 5.69 Å². The molecule has 0 radical (unpaired) electrons. The van der Waals surface area contributed by atoms with E-state index in [9.17, 15) is 0 Å². The molecule has 46 heavy (non-hydrogen) atoms. The van der Waals surface area contributed by atoms with Crippen LogP contribution in [0.25, 0.3) is 22.3 Å². The van der Waals surface area contributed by atoms with Crippen LogP contribution < -0.4 is 4.90 Å². The summed E-state index contributed by atoms with van der Waals surface area (Å²) in [6, 6.07) is 66.7. The third-order valence-corrected chi connectivity index (χ3v) is 8.90. The first-order valence-corrected chi connectivity index (χ1v) is 15.7. The summed E-state index contributed by atoms with van der Waals surface area (Å²) in [5.74, 6) is 7.43. The molecular formula is C45H31N. The largest absolute Gasteiger partial charge is 0.310 e. The molecule has 0 fully saturated rings. The van der Waals surface area contributed by atoms with Crippen LogP contribution in [0.4, 0.5) is 17.1 Å². The number of anilines is 3. The fraction of sp³-hybridized carbons (Fsp3) is 0.0222. The summed E-state index contributed by atoms with van der Waals surface area (Å²) in [5.41, 5.74) is 12.1. The normalized spacial score (nSPS) is 14.4. The Hall–Kier alpha value is -6.10. The van der Waals surface area contributed by atoms with Crippen LogP contribution >= 0.6 is 0 Å². The van der Waals surface area contributed by atoms with E-state index in [1.165, 1.54) is 27.8 Å². The Bertz CT molecular complexity index is 2150. The molecular weight excluding hydrogens is 555 g/mol. The van der Waals surface area contributed by atoms with Crippen LogP contribution in [0, 0.1) is 11.8 Å². The highest BCUT2D eigenvalue weighted by molar-refractivity contribution is 5.92. The molecule has 0 aromatic heterocycles. The van der Waals surface area contributed by atoms with Crippen LogP contribution in [0.3, 0.4) is 0 Å². The first kappa shape index (κ1) is 27.4. The van der Waals surface area contributed by atoms with Gasteiger partial charge in [-0.15, -0.1) is 0 Å². The van der Waals surface area contributed by atoms with Crippen LogP contribution in [-0.4, -0.2) is 0 Å². The van der Waals surface area contributed by atoms with E-state index in [4.69, 9.17) is 0 Å². The number of hydrogen-bond donors (Lipinski definition) is 0. The molecule has 8 rings (SSSR count). The summed E-state index contributed by atoms with van der Waals surface area (Å²) in [6.45, 7) is 0. The lowest BCUT2D eigenvalue weighted by molar-refractivity contribution is 0.837. The Kier molecular flexibility index (Phi) is 7.02. The zero-order valence-electron chi connectivity index (χ0n) is 25.3. The van der Waals surface area contributed by atoms with Gasteiger partial charge in [-0.1, -0.05) is 151 Å². The van der Waals surface area contributed by atoms with E-state index < -0.39 is 5.41 Å². The maximum atomic E-state index is 3.85. The zero-order chi connectivity index (χ0) is 30.8. The Balaban J connectivity index is 1.38. The molecule has 1 unspecified atom stereocenters. The quantitative estimate of drug-likeness (QED) is 0.182. The van der Waals surface area contributed by atoms with E-state index in [0.717, 1.165) is 33.8 Å². The van der Waals surface area contributed by atoms with Gasteiger partial charge in [0.1, 0.15) is 5.41 Å². The summed E-state index contributed by atoms with van der Waals surface area (Å²) in [4.78, 5) is 2.34. The molecule has 0 N–H and O–H groups in total. The van der Waals surface area contributed by atoms with Gasteiger partial charge in [0.15, 0.2) is 0 Å². The minimum Gasteiger partial charge on any atom is -0.310 e. The lowest BCUT2D eigenvalue weighted by Gasteiger charge is -2.29. The Morgan fingerprint density at radius 1 is 0.413 bits per heavy atom. The molecule has 0 aliphatic heterocycles. The molecule has 0 heterocycles. The van der Waals surface area contributed by atoms with E-state index >= 15 is 0 Å². The lowest BCUT2D eigenvalue weighted by Crippen LogP contribution is -2.25. The van der Waals surface area contributed by atoms with E-state index in [1.807, 2.05) is 6.07 Å². The van der Waals surface area contributed by atoms with E-state index in [2.05, 4.69) is 199 Å². The van der Waals surface area contributed by atoms with Crippen molar-refractivity contribution in [2.24, 2.45) is 0 Å². The summed E-state index contributed by atoms with van der Waals surface area (Å²) < 4.78 is 0. The third-order valence-electron chi connectivity index (χ3n) is 8.90. The molecule has 1 heteroatoms. The molecule has 1 aliphatic carbocycles. The van der Waals surface area contributed by atoms with Crippen LogP contribution in [0.5, 0.6) is 0 Å². The van der Waals surface area contributed by atoms with Crippen molar-refractivity contribution in [2.45, 2.75) is 5.41 Å². The number of hydrogen-bond acceptors (Lipinski definition) is 1. The average molecular weight is 586 g/mol. The molecule has 0 saturated carbocycles. The summed E-state index contributed by atoms with van der Waals surface area (Å²) >= 11 is 0. The second-order valence-electron chi connectivity index (χ2n) is 11.6. The van der Waals surface area contributed by atoms with Crippen LogP contribution in [0.1, 0.15) is 22.3 Å². The smallest absolute Gasteiger partial charge is 0.108 e. The SMILES string of the molecule is C(#CC1(c2ccccc2)c2ccccc2-c2ccc(-c3ccccc3N(c3ccccc3)c3ccccc3)cc21)c1ccccc1. The fourth-order valence-corrected chi connectivity index (χ4v) is 6.83. The highest BCUT2D eigenvalue weighted by Gasteiger charge is 2.43. The molecule has 7 aromatic rings. The fourth-order valence-electron chi connectivity index (χ4n) is 6.83. The molecule has 1 atom stereocenters. The zero-order valence-corrected chi connectivity index (χ0v) is 25.3. The van der Waals surface area contributed by atoms with Crippen LogP contribution in [-0.2, 0) is 5.41 Å². The molecule has 1 aliphatic rings. The van der Waals surface area contributed by atoms with Crippen molar-refractivity contribution in [1.82, 2.24) is 0 Å². The minimum atomic E-state index is -0.632. The summed E-state index contributed by atoms with van der Waals surface area (Å²) in [7, 11) is 0. The molecule has 1 nitrogen and oxygen atoms in total. The lowest BCUT2D eigenvalue weighted by atomic mass is 9.72. The number of para-hydroxylation sites is 3. The van der Waals surface area contributed by atoms with Gasteiger partial charge in [-0.05, 0) is 81.9 Å². The first-order chi connectivity index (χ1) is 22.8. The average Bonchev–Trinajstić information content (AvgIpc) is 3.42. The van der Waals surface area contributed by atoms with Gasteiger partial charge in [-0.2, -0.15) is 0 Å².